The van der Waals surface area contributed by atoms with Crippen molar-refractivity contribution in [1.29, 1.82) is 0 Å². The second kappa shape index (κ2) is 4.54. The van der Waals surface area contributed by atoms with Crippen molar-refractivity contribution >= 4 is 34.8 Å². The molecule has 0 atom stereocenters. The van der Waals surface area contributed by atoms with Crippen molar-refractivity contribution in [3.05, 3.63) is 51.5 Å². The maximum atomic E-state index is 9.45. The fourth-order valence-corrected chi connectivity index (χ4v) is 2.08. The largest absolute Gasteiger partial charge is 0.508 e. The molecule has 0 saturated carbocycles. The zero-order chi connectivity index (χ0) is 11.7. The van der Waals surface area contributed by atoms with Gasteiger partial charge in [-0.3, -0.25) is 0 Å². The van der Waals surface area contributed by atoms with E-state index in [1.807, 2.05) is 0 Å². The molecule has 82 valence electrons. The smallest absolute Gasteiger partial charge is 0.117 e. The Morgan fingerprint density at radius 3 is 2.25 bits per heavy atom. The highest BCUT2D eigenvalue weighted by Crippen LogP contribution is 2.34. The Hall–Kier alpha value is -0.890. The SMILES string of the molecule is Oc1cc(Cl)cc(-c2cc(Cl)ccc2Cl)c1. The van der Waals surface area contributed by atoms with Crippen LogP contribution in [0.2, 0.25) is 15.1 Å². The second-order valence-electron chi connectivity index (χ2n) is 3.32. The molecule has 1 N–H and O–H groups in total. The highest BCUT2D eigenvalue weighted by atomic mass is 35.5. The Balaban J connectivity index is 2.62. The lowest BCUT2D eigenvalue weighted by Gasteiger charge is -2.06. The summed E-state index contributed by atoms with van der Waals surface area (Å²) in [4.78, 5) is 0. The molecule has 0 aliphatic carbocycles. The first-order valence-corrected chi connectivity index (χ1v) is 5.64. The van der Waals surface area contributed by atoms with Gasteiger partial charge in [0.15, 0.2) is 0 Å². The molecular weight excluding hydrogens is 266 g/mol. The average Bonchev–Trinajstić information content (AvgIpc) is 2.20. The van der Waals surface area contributed by atoms with Gasteiger partial charge in [0.1, 0.15) is 5.75 Å². The molecule has 0 bridgehead atoms. The second-order valence-corrected chi connectivity index (χ2v) is 4.60. The van der Waals surface area contributed by atoms with Gasteiger partial charge in [-0.05, 0) is 42.0 Å². The van der Waals surface area contributed by atoms with Crippen molar-refractivity contribution in [2.24, 2.45) is 0 Å². The van der Waals surface area contributed by atoms with Gasteiger partial charge in [-0.2, -0.15) is 0 Å². The summed E-state index contributed by atoms with van der Waals surface area (Å²) in [5, 5.41) is 11.0. The first-order chi connectivity index (χ1) is 7.56. The quantitative estimate of drug-likeness (QED) is 0.773. The molecule has 0 amide bonds. The maximum absolute atomic E-state index is 9.45. The number of phenols is 1. The number of aromatic hydroxyl groups is 1. The summed E-state index contributed by atoms with van der Waals surface area (Å²) in [6.07, 6.45) is 0. The molecule has 0 radical (unpaired) electrons. The van der Waals surface area contributed by atoms with Crippen LogP contribution >= 0.6 is 34.8 Å². The molecule has 0 spiro atoms. The van der Waals surface area contributed by atoms with Crippen LogP contribution < -0.4 is 0 Å². The van der Waals surface area contributed by atoms with Crippen LogP contribution in [0.5, 0.6) is 5.75 Å². The number of rotatable bonds is 1. The van der Waals surface area contributed by atoms with Gasteiger partial charge in [-0.15, -0.1) is 0 Å². The van der Waals surface area contributed by atoms with E-state index in [-0.39, 0.29) is 5.75 Å². The van der Waals surface area contributed by atoms with E-state index in [1.54, 1.807) is 30.3 Å². The first kappa shape index (κ1) is 11.6. The Morgan fingerprint density at radius 2 is 1.56 bits per heavy atom. The third kappa shape index (κ3) is 2.43. The molecule has 16 heavy (non-hydrogen) atoms. The fraction of sp³-hybridized carbons (Fsp3) is 0. The van der Waals surface area contributed by atoms with Crippen LogP contribution in [0.15, 0.2) is 36.4 Å². The minimum Gasteiger partial charge on any atom is -0.508 e. The summed E-state index contributed by atoms with van der Waals surface area (Å²) in [5.41, 5.74) is 1.48. The van der Waals surface area contributed by atoms with Crippen molar-refractivity contribution in [2.45, 2.75) is 0 Å². The molecule has 0 aliphatic heterocycles. The highest BCUT2D eigenvalue weighted by molar-refractivity contribution is 6.35. The number of phenolic OH excluding ortho intramolecular Hbond substituents is 1. The predicted molar refractivity (Wildman–Crippen MR) is 68.6 cm³/mol. The van der Waals surface area contributed by atoms with E-state index in [2.05, 4.69) is 0 Å². The lowest BCUT2D eigenvalue weighted by Crippen LogP contribution is -1.80. The summed E-state index contributed by atoms with van der Waals surface area (Å²) >= 11 is 17.8. The lowest BCUT2D eigenvalue weighted by atomic mass is 10.1. The molecule has 4 heteroatoms. The van der Waals surface area contributed by atoms with Gasteiger partial charge in [0.05, 0.1) is 0 Å². The number of hydrogen-bond donors (Lipinski definition) is 1. The van der Waals surface area contributed by atoms with Crippen LogP contribution in [0.25, 0.3) is 11.1 Å². The summed E-state index contributed by atoms with van der Waals surface area (Å²) in [6.45, 7) is 0. The maximum Gasteiger partial charge on any atom is 0.117 e. The summed E-state index contributed by atoms with van der Waals surface area (Å²) in [5.74, 6) is 0.0959. The standard InChI is InChI=1S/C12H7Cl3O/c13-8-1-2-12(15)11(6-8)7-3-9(14)5-10(16)4-7/h1-6,16H. The molecule has 2 rings (SSSR count). The Bertz CT molecular complexity index is 518. The molecule has 0 aliphatic rings. The first-order valence-electron chi connectivity index (χ1n) is 4.51. The number of hydrogen-bond acceptors (Lipinski definition) is 1. The molecule has 0 fully saturated rings. The van der Waals surface area contributed by atoms with Gasteiger partial charge < -0.3 is 5.11 Å². The fourth-order valence-electron chi connectivity index (χ4n) is 1.45. The van der Waals surface area contributed by atoms with Crippen LogP contribution in [0.4, 0.5) is 0 Å². The molecular formula is C12H7Cl3O. The molecule has 2 aromatic carbocycles. The topological polar surface area (TPSA) is 20.2 Å². The molecule has 0 saturated heterocycles. The van der Waals surface area contributed by atoms with Gasteiger partial charge in [0.25, 0.3) is 0 Å². The van der Waals surface area contributed by atoms with E-state index in [1.165, 1.54) is 6.07 Å². The third-order valence-corrected chi connectivity index (χ3v) is 2.90. The van der Waals surface area contributed by atoms with Crippen molar-refractivity contribution < 1.29 is 5.11 Å². The zero-order valence-electron chi connectivity index (χ0n) is 8.05. The van der Waals surface area contributed by atoms with Crippen molar-refractivity contribution in [1.82, 2.24) is 0 Å². The Kier molecular flexibility index (Phi) is 3.29. The van der Waals surface area contributed by atoms with Crippen LogP contribution in [0.3, 0.4) is 0 Å². The van der Waals surface area contributed by atoms with Gasteiger partial charge in [-0.1, -0.05) is 34.8 Å². The summed E-state index contributed by atoms with van der Waals surface area (Å²) in [7, 11) is 0. The Labute approximate surface area is 108 Å². The van der Waals surface area contributed by atoms with Gasteiger partial charge in [0.2, 0.25) is 0 Å². The lowest BCUT2D eigenvalue weighted by molar-refractivity contribution is 0.475. The molecule has 2 aromatic rings. The summed E-state index contributed by atoms with van der Waals surface area (Å²) in [6, 6.07) is 9.91. The molecule has 1 nitrogen and oxygen atoms in total. The zero-order valence-corrected chi connectivity index (χ0v) is 10.3. The van der Waals surface area contributed by atoms with E-state index in [0.29, 0.717) is 15.1 Å². The van der Waals surface area contributed by atoms with E-state index in [4.69, 9.17) is 34.8 Å². The monoisotopic (exact) mass is 272 g/mol. The van der Waals surface area contributed by atoms with Crippen molar-refractivity contribution in [2.75, 3.05) is 0 Å². The minimum atomic E-state index is 0.0959. The highest BCUT2D eigenvalue weighted by Gasteiger charge is 2.06. The molecule has 0 unspecified atom stereocenters. The van der Waals surface area contributed by atoms with E-state index < -0.39 is 0 Å². The van der Waals surface area contributed by atoms with Crippen molar-refractivity contribution in [3.63, 3.8) is 0 Å². The van der Waals surface area contributed by atoms with Crippen LogP contribution in [-0.4, -0.2) is 5.11 Å². The predicted octanol–water partition coefficient (Wildman–Crippen LogP) is 5.02. The molecule has 0 aromatic heterocycles. The van der Waals surface area contributed by atoms with E-state index >= 15 is 0 Å². The van der Waals surface area contributed by atoms with Gasteiger partial charge in [-0.25, -0.2) is 0 Å². The van der Waals surface area contributed by atoms with Gasteiger partial charge >= 0.3 is 0 Å². The molecule has 0 heterocycles. The van der Waals surface area contributed by atoms with Gasteiger partial charge in [0, 0.05) is 20.6 Å². The van der Waals surface area contributed by atoms with Crippen LogP contribution in [0, 0.1) is 0 Å². The van der Waals surface area contributed by atoms with E-state index in [0.717, 1.165) is 11.1 Å². The third-order valence-electron chi connectivity index (χ3n) is 2.12. The van der Waals surface area contributed by atoms with Crippen LogP contribution in [0.1, 0.15) is 0 Å². The Morgan fingerprint density at radius 1 is 0.812 bits per heavy atom. The van der Waals surface area contributed by atoms with Crippen LogP contribution in [-0.2, 0) is 0 Å². The van der Waals surface area contributed by atoms with E-state index in [9.17, 15) is 5.11 Å². The summed E-state index contributed by atoms with van der Waals surface area (Å²) < 4.78 is 0. The number of halogens is 3. The normalized spacial score (nSPS) is 10.4. The minimum absolute atomic E-state index is 0.0959. The van der Waals surface area contributed by atoms with Crippen molar-refractivity contribution in [3.8, 4) is 16.9 Å². The number of benzene rings is 2. The average molecular weight is 274 g/mol.